The first-order chi connectivity index (χ1) is 9.69. The summed E-state index contributed by atoms with van der Waals surface area (Å²) in [4.78, 5) is 4.03. The van der Waals surface area contributed by atoms with E-state index in [1.54, 1.807) is 12.4 Å². The lowest BCUT2D eigenvalue weighted by molar-refractivity contribution is 0.251. The SMILES string of the molecule is Cc1cc(CNC(C)CO)ccc1Oc1cccnc1. The van der Waals surface area contributed by atoms with Crippen molar-refractivity contribution in [1.82, 2.24) is 10.3 Å². The minimum absolute atomic E-state index is 0.0987. The van der Waals surface area contributed by atoms with E-state index < -0.39 is 0 Å². The Morgan fingerprint density at radius 1 is 1.35 bits per heavy atom. The molecule has 1 aromatic carbocycles. The van der Waals surface area contributed by atoms with E-state index in [1.807, 2.05) is 38.1 Å². The second-order valence-corrected chi connectivity index (χ2v) is 4.86. The molecule has 0 saturated heterocycles. The molecular weight excluding hydrogens is 252 g/mol. The molecule has 0 amide bonds. The van der Waals surface area contributed by atoms with Gasteiger partial charge in [-0.3, -0.25) is 4.98 Å². The second-order valence-electron chi connectivity index (χ2n) is 4.86. The number of benzene rings is 1. The van der Waals surface area contributed by atoms with Gasteiger partial charge in [0.15, 0.2) is 0 Å². The first-order valence-corrected chi connectivity index (χ1v) is 6.70. The van der Waals surface area contributed by atoms with Gasteiger partial charge in [0, 0.05) is 18.8 Å². The Morgan fingerprint density at radius 2 is 2.20 bits per heavy atom. The van der Waals surface area contributed by atoms with Crippen LogP contribution in [0.5, 0.6) is 11.5 Å². The van der Waals surface area contributed by atoms with Crippen molar-refractivity contribution in [2.24, 2.45) is 0 Å². The quantitative estimate of drug-likeness (QED) is 0.849. The van der Waals surface area contributed by atoms with Crippen LogP contribution in [-0.2, 0) is 6.54 Å². The number of hydrogen-bond acceptors (Lipinski definition) is 4. The molecule has 20 heavy (non-hydrogen) atoms. The average Bonchev–Trinajstić information content (AvgIpc) is 2.48. The fraction of sp³-hybridized carbons (Fsp3) is 0.312. The zero-order valence-electron chi connectivity index (χ0n) is 11.8. The highest BCUT2D eigenvalue weighted by atomic mass is 16.5. The summed E-state index contributed by atoms with van der Waals surface area (Å²) in [7, 11) is 0. The Kier molecular flexibility index (Phi) is 5.09. The maximum absolute atomic E-state index is 8.99. The van der Waals surface area contributed by atoms with Crippen molar-refractivity contribution in [3.8, 4) is 11.5 Å². The molecule has 0 fully saturated rings. The van der Waals surface area contributed by atoms with Crippen molar-refractivity contribution in [3.63, 3.8) is 0 Å². The molecule has 0 aliphatic carbocycles. The molecule has 4 heteroatoms. The van der Waals surface area contributed by atoms with Gasteiger partial charge in [0.1, 0.15) is 11.5 Å². The summed E-state index contributed by atoms with van der Waals surface area (Å²) >= 11 is 0. The molecule has 2 N–H and O–H groups in total. The maximum Gasteiger partial charge on any atom is 0.145 e. The number of aryl methyl sites for hydroxylation is 1. The summed E-state index contributed by atoms with van der Waals surface area (Å²) in [5.41, 5.74) is 2.24. The predicted octanol–water partition coefficient (Wildman–Crippen LogP) is 2.65. The number of pyridine rings is 1. The normalized spacial score (nSPS) is 12.2. The number of aliphatic hydroxyl groups is 1. The number of rotatable bonds is 6. The summed E-state index contributed by atoms with van der Waals surface area (Å²) in [5.74, 6) is 1.56. The van der Waals surface area contributed by atoms with E-state index in [2.05, 4.69) is 16.4 Å². The van der Waals surface area contributed by atoms with E-state index in [9.17, 15) is 0 Å². The van der Waals surface area contributed by atoms with Gasteiger partial charge in [-0.05, 0) is 43.2 Å². The molecule has 1 aromatic heterocycles. The van der Waals surface area contributed by atoms with Crippen LogP contribution in [0.4, 0.5) is 0 Å². The molecule has 1 unspecified atom stereocenters. The molecule has 2 rings (SSSR count). The van der Waals surface area contributed by atoms with E-state index >= 15 is 0 Å². The van der Waals surface area contributed by atoms with Gasteiger partial charge in [-0.2, -0.15) is 0 Å². The van der Waals surface area contributed by atoms with Crippen molar-refractivity contribution >= 4 is 0 Å². The highest BCUT2D eigenvalue weighted by Gasteiger charge is 2.04. The smallest absolute Gasteiger partial charge is 0.145 e. The zero-order valence-corrected chi connectivity index (χ0v) is 11.8. The van der Waals surface area contributed by atoms with E-state index in [-0.39, 0.29) is 12.6 Å². The van der Waals surface area contributed by atoms with Crippen LogP contribution in [0, 0.1) is 6.92 Å². The summed E-state index contributed by atoms with van der Waals surface area (Å²) in [6.07, 6.45) is 3.41. The fourth-order valence-corrected chi connectivity index (χ4v) is 1.83. The highest BCUT2D eigenvalue weighted by molar-refractivity contribution is 5.39. The summed E-state index contributed by atoms with van der Waals surface area (Å²) in [5, 5.41) is 12.2. The fourth-order valence-electron chi connectivity index (χ4n) is 1.83. The minimum atomic E-state index is 0.0987. The molecule has 0 aliphatic heterocycles. The maximum atomic E-state index is 8.99. The molecule has 1 atom stereocenters. The molecule has 0 saturated carbocycles. The van der Waals surface area contributed by atoms with Crippen LogP contribution >= 0.6 is 0 Å². The number of ether oxygens (including phenoxy) is 1. The molecule has 106 valence electrons. The number of nitrogens with one attached hydrogen (secondary N) is 1. The minimum Gasteiger partial charge on any atom is -0.455 e. The third kappa shape index (κ3) is 4.05. The van der Waals surface area contributed by atoms with Crippen LogP contribution in [0.2, 0.25) is 0 Å². The van der Waals surface area contributed by atoms with E-state index in [0.29, 0.717) is 0 Å². The Morgan fingerprint density at radius 3 is 2.85 bits per heavy atom. The monoisotopic (exact) mass is 272 g/mol. The van der Waals surface area contributed by atoms with Crippen LogP contribution in [-0.4, -0.2) is 22.7 Å². The van der Waals surface area contributed by atoms with Gasteiger partial charge in [0.2, 0.25) is 0 Å². The number of aromatic nitrogens is 1. The van der Waals surface area contributed by atoms with Gasteiger partial charge in [-0.15, -0.1) is 0 Å². The van der Waals surface area contributed by atoms with Crippen LogP contribution in [0.15, 0.2) is 42.7 Å². The second kappa shape index (κ2) is 7.03. The molecule has 0 bridgehead atoms. The van der Waals surface area contributed by atoms with Crippen LogP contribution in [0.3, 0.4) is 0 Å². The lowest BCUT2D eigenvalue weighted by Crippen LogP contribution is -2.28. The van der Waals surface area contributed by atoms with Crippen molar-refractivity contribution in [1.29, 1.82) is 0 Å². The Labute approximate surface area is 119 Å². The van der Waals surface area contributed by atoms with Gasteiger partial charge in [0.25, 0.3) is 0 Å². The first-order valence-electron chi connectivity index (χ1n) is 6.70. The standard InChI is InChI=1S/C16H20N2O2/c1-12-8-14(9-18-13(2)11-19)5-6-16(12)20-15-4-3-7-17-10-15/h3-8,10,13,18-19H,9,11H2,1-2H3. The number of nitrogens with zero attached hydrogens (tertiary/aromatic N) is 1. The average molecular weight is 272 g/mol. The zero-order chi connectivity index (χ0) is 14.4. The molecule has 0 radical (unpaired) electrons. The number of hydrogen-bond donors (Lipinski definition) is 2. The highest BCUT2D eigenvalue weighted by Crippen LogP contribution is 2.25. The van der Waals surface area contributed by atoms with Crippen molar-refractivity contribution in [2.75, 3.05) is 6.61 Å². The molecule has 2 aromatic rings. The summed E-state index contributed by atoms with van der Waals surface area (Å²) < 4.78 is 5.79. The number of aliphatic hydroxyl groups excluding tert-OH is 1. The first kappa shape index (κ1) is 14.5. The topological polar surface area (TPSA) is 54.4 Å². The van der Waals surface area contributed by atoms with E-state index in [1.165, 1.54) is 5.56 Å². The van der Waals surface area contributed by atoms with Crippen LogP contribution in [0.1, 0.15) is 18.1 Å². The predicted molar refractivity (Wildman–Crippen MR) is 78.9 cm³/mol. The Bertz CT molecular complexity index is 543. The van der Waals surface area contributed by atoms with Crippen molar-refractivity contribution in [3.05, 3.63) is 53.9 Å². The summed E-state index contributed by atoms with van der Waals surface area (Å²) in [6.45, 7) is 4.84. The molecule has 1 heterocycles. The molecule has 0 spiro atoms. The lowest BCUT2D eigenvalue weighted by Gasteiger charge is -2.13. The molecule has 0 aliphatic rings. The lowest BCUT2D eigenvalue weighted by atomic mass is 10.1. The Hall–Kier alpha value is -1.91. The van der Waals surface area contributed by atoms with Gasteiger partial charge < -0.3 is 15.2 Å². The van der Waals surface area contributed by atoms with Crippen molar-refractivity contribution < 1.29 is 9.84 Å². The Balaban J connectivity index is 2.02. The van der Waals surface area contributed by atoms with Crippen LogP contribution < -0.4 is 10.1 Å². The van der Waals surface area contributed by atoms with Gasteiger partial charge >= 0.3 is 0 Å². The van der Waals surface area contributed by atoms with Gasteiger partial charge in [-0.25, -0.2) is 0 Å². The van der Waals surface area contributed by atoms with Crippen LogP contribution in [0.25, 0.3) is 0 Å². The summed E-state index contributed by atoms with van der Waals surface area (Å²) in [6, 6.07) is 9.90. The van der Waals surface area contributed by atoms with Gasteiger partial charge in [-0.1, -0.05) is 12.1 Å². The third-order valence-corrected chi connectivity index (χ3v) is 3.03. The largest absolute Gasteiger partial charge is 0.455 e. The third-order valence-electron chi connectivity index (χ3n) is 3.03. The van der Waals surface area contributed by atoms with E-state index in [0.717, 1.165) is 23.6 Å². The molecule has 4 nitrogen and oxygen atoms in total. The van der Waals surface area contributed by atoms with Gasteiger partial charge in [0.05, 0.1) is 12.8 Å². The molecular formula is C16H20N2O2. The van der Waals surface area contributed by atoms with E-state index in [4.69, 9.17) is 9.84 Å². The van der Waals surface area contributed by atoms with Crippen molar-refractivity contribution in [2.45, 2.75) is 26.4 Å².